The molecule has 2 aromatic rings. The second-order valence-corrected chi connectivity index (χ2v) is 4.41. The minimum Gasteiger partial charge on any atom is -0.369 e. The number of anilines is 1. The summed E-state index contributed by atoms with van der Waals surface area (Å²) in [6.07, 6.45) is 1.04. The molecule has 0 bridgehead atoms. The van der Waals surface area contributed by atoms with Crippen LogP contribution in [-0.2, 0) is 0 Å². The van der Waals surface area contributed by atoms with Crippen LogP contribution < -0.4 is 11.3 Å². The van der Waals surface area contributed by atoms with Crippen molar-refractivity contribution >= 4 is 5.95 Å². The highest BCUT2D eigenvalue weighted by molar-refractivity contribution is 5.34. The van der Waals surface area contributed by atoms with Crippen LogP contribution in [0.2, 0.25) is 0 Å². The van der Waals surface area contributed by atoms with E-state index in [2.05, 4.69) is 22.1 Å². The van der Waals surface area contributed by atoms with Crippen LogP contribution in [0.5, 0.6) is 0 Å². The van der Waals surface area contributed by atoms with Crippen LogP contribution in [0.3, 0.4) is 0 Å². The third-order valence-corrected chi connectivity index (χ3v) is 3.18. The predicted molar refractivity (Wildman–Crippen MR) is 65.8 cm³/mol. The summed E-state index contributed by atoms with van der Waals surface area (Å²) in [4.78, 5) is 18.0. The molecule has 0 spiro atoms. The Bertz CT molecular complexity index is 591. The van der Waals surface area contributed by atoms with E-state index in [9.17, 15) is 4.79 Å². The van der Waals surface area contributed by atoms with Crippen molar-refractivity contribution in [2.45, 2.75) is 18.3 Å². The second kappa shape index (κ2) is 3.73. The Morgan fingerprint density at radius 2 is 2.00 bits per heavy atom. The molecule has 2 atom stereocenters. The Labute approximate surface area is 98.5 Å². The van der Waals surface area contributed by atoms with Crippen molar-refractivity contribution in [2.75, 3.05) is 5.73 Å². The summed E-state index contributed by atoms with van der Waals surface area (Å²) >= 11 is 0. The van der Waals surface area contributed by atoms with Gasteiger partial charge in [0.2, 0.25) is 5.95 Å². The number of nitrogens with zero attached hydrogens (tertiary/aromatic N) is 1. The number of nitrogen functional groups attached to an aromatic ring is 1. The van der Waals surface area contributed by atoms with E-state index in [0.29, 0.717) is 11.8 Å². The Balaban J connectivity index is 1.87. The fraction of sp³-hybridized carbons (Fsp3) is 0.231. The summed E-state index contributed by atoms with van der Waals surface area (Å²) in [7, 11) is 0. The van der Waals surface area contributed by atoms with Crippen molar-refractivity contribution in [2.24, 2.45) is 0 Å². The Morgan fingerprint density at radius 1 is 1.24 bits per heavy atom. The monoisotopic (exact) mass is 227 g/mol. The van der Waals surface area contributed by atoms with Crippen molar-refractivity contribution < 1.29 is 0 Å². The molecule has 3 rings (SSSR count). The van der Waals surface area contributed by atoms with Crippen LogP contribution in [0.1, 0.15) is 29.5 Å². The molecule has 4 nitrogen and oxygen atoms in total. The van der Waals surface area contributed by atoms with Gasteiger partial charge in [-0.05, 0) is 17.9 Å². The van der Waals surface area contributed by atoms with Crippen LogP contribution in [0.25, 0.3) is 0 Å². The molecule has 0 unspecified atom stereocenters. The molecule has 3 N–H and O–H groups in total. The number of aromatic nitrogens is 2. The number of benzene rings is 1. The number of rotatable bonds is 2. The van der Waals surface area contributed by atoms with Gasteiger partial charge in [-0.25, -0.2) is 4.98 Å². The van der Waals surface area contributed by atoms with Gasteiger partial charge >= 0.3 is 0 Å². The van der Waals surface area contributed by atoms with Crippen molar-refractivity contribution in [1.82, 2.24) is 9.97 Å². The molecule has 4 heteroatoms. The van der Waals surface area contributed by atoms with Crippen molar-refractivity contribution in [1.29, 1.82) is 0 Å². The van der Waals surface area contributed by atoms with E-state index in [0.717, 1.165) is 12.1 Å². The molecular formula is C13H13N3O. The molecule has 86 valence electrons. The Hall–Kier alpha value is -2.10. The first-order valence-electron chi connectivity index (χ1n) is 5.66. The van der Waals surface area contributed by atoms with Crippen LogP contribution in [0.15, 0.2) is 41.2 Å². The highest BCUT2D eigenvalue weighted by Crippen LogP contribution is 2.53. The van der Waals surface area contributed by atoms with Gasteiger partial charge in [0.1, 0.15) is 0 Å². The van der Waals surface area contributed by atoms with Gasteiger partial charge in [-0.15, -0.1) is 0 Å². The van der Waals surface area contributed by atoms with Gasteiger partial charge in [-0.2, -0.15) is 0 Å². The van der Waals surface area contributed by atoms with Gasteiger partial charge in [-0.3, -0.25) is 9.78 Å². The van der Waals surface area contributed by atoms with E-state index in [1.165, 1.54) is 5.56 Å². The minimum absolute atomic E-state index is 0.175. The summed E-state index contributed by atoms with van der Waals surface area (Å²) in [6.45, 7) is 0. The number of H-pyrrole nitrogens is 1. The molecular weight excluding hydrogens is 214 g/mol. The summed E-state index contributed by atoms with van der Waals surface area (Å²) < 4.78 is 0. The normalized spacial score (nSPS) is 22.4. The Kier molecular flexibility index (Phi) is 2.21. The molecule has 0 radical (unpaired) electrons. The number of aromatic amines is 1. The lowest BCUT2D eigenvalue weighted by molar-refractivity contribution is 0.942. The molecule has 1 heterocycles. The molecule has 1 aromatic heterocycles. The second-order valence-electron chi connectivity index (χ2n) is 4.41. The lowest BCUT2D eigenvalue weighted by atomic mass is 10.1. The third kappa shape index (κ3) is 1.93. The van der Waals surface area contributed by atoms with E-state index in [1.807, 2.05) is 18.2 Å². The maximum absolute atomic E-state index is 11.3. The van der Waals surface area contributed by atoms with Gasteiger partial charge in [0.05, 0.1) is 5.69 Å². The molecule has 1 fully saturated rings. The highest BCUT2D eigenvalue weighted by Gasteiger charge is 2.40. The molecule has 0 amide bonds. The maximum Gasteiger partial charge on any atom is 0.252 e. The standard InChI is InChI=1S/C13H13N3O/c14-13-15-11(7-12(17)16-13)10-6-9(10)8-4-2-1-3-5-8/h1-5,7,9-10H,6H2,(H3,14,15,16,17)/t9-,10-/m0/s1. The lowest BCUT2D eigenvalue weighted by Gasteiger charge is -2.01. The molecule has 1 aromatic carbocycles. The molecule has 1 aliphatic carbocycles. The van der Waals surface area contributed by atoms with Crippen LogP contribution in [0.4, 0.5) is 5.95 Å². The summed E-state index contributed by atoms with van der Waals surface area (Å²) in [5, 5.41) is 0. The zero-order chi connectivity index (χ0) is 11.8. The smallest absolute Gasteiger partial charge is 0.252 e. The first kappa shape index (κ1) is 10.1. The van der Waals surface area contributed by atoms with Crippen molar-refractivity contribution in [3.8, 4) is 0 Å². The van der Waals surface area contributed by atoms with Gasteiger partial charge in [0.15, 0.2) is 0 Å². The van der Waals surface area contributed by atoms with E-state index in [4.69, 9.17) is 5.73 Å². The van der Waals surface area contributed by atoms with Crippen LogP contribution in [-0.4, -0.2) is 9.97 Å². The Morgan fingerprint density at radius 3 is 2.71 bits per heavy atom. The summed E-state index contributed by atoms with van der Waals surface area (Å²) in [5.41, 5.74) is 7.48. The van der Waals surface area contributed by atoms with Crippen LogP contribution in [0, 0.1) is 0 Å². The minimum atomic E-state index is -0.175. The SMILES string of the molecule is Nc1nc([C@H]2C[C@H]2c2ccccc2)cc(=O)[nH]1. The fourth-order valence-electron chi connectivity index (χ4n) is 2.28. The van der Waals surface area contributed by atoms with E-state index in [-0.39, 0.29) is 11.5 Å². The lowest BCUT2D eigenvalue weighted by Crippen LogP contribution is -2.11. The maximum atomic E-state index is 11.3. The molecule has 17 heavy (non-hydrogen) atoms. The van der Waals surface area contributed by atoms with Gasteiger partial charge in [0, 0.05) is 12.0 Å². The van der Waals surface area contributed by atoms with E-state index >= 15 is 0 Å². The number of hydrogen-bond donors (Lipinski definition) is 2. The highest BCUT2D eigenvalue weighted by atomic mass is 16.1. The van der Waals surface area contributed by atoms with Gasteiger partial charge in [0.25, 0.3) is 5.56 Å². The third-order valence-electron chi connectivity index (χ3n) is 3.18. The van der Waals surface area contributed by atoms with Crippen molar-refractivity contribution in [3.05, 3.63) is 58.0 Å². The first-order valence-corrected chi connectivity index (χ1v) is 5.66. The van der Waals surface area contributed by atoms with Crippen molar-refractivity contribution in [3.63, 3.8) is 0 Å². The predicted octanol–water partition coefficient (Wildman–Crippen LogP) is 1.62. The zero-order valence-electron chi connectivity index (χ0n) is 9.26. The molecule has 1 saturated carbocycles. The number of nitrogens with one attached hydrogen (secondary N) is 1. The molecule has 1 aliphatic rings. The summed E-state index contributed by atoms with van der Waals surface area (Å²) in [6, 6.07) is 11.8. The van der Waals surface area contributed by atoms with E-state index in [1.54, 1.807) is 6.07 Å². The average molecular weight is 227 g/mol. The first-order chi connectivity index (χ1) is 8.24. The summed E-state index contributed by atoms with van der Waals surface area (Å²) in [5.74, 6) is 1.01. The van der Waals surface area contributed by atoms with Gasteiger partial charge in [-0.1, -0.05) is 30.3 Å². The largest absolute Gasteiger partial charge is 0.369 e. The van der Waals surface area contributed by atoms with Gasteiger partial charge < -0.3 is 5.73 Å². The quantitative estimate of drug-likeness (QED) is 0.819. The van der Waals surface area contributed by atoms with E-state index < -0.39 is 0 Å². The number of nitrogens with two attached hydrogens (primary N) is 1. The van der Waals surface area contributed by atoms with Crippen LogP contribution >= 0.6 is 0 Å². The molecule has 0 aliphatic heterocycles. The number of hydrogen-bond acceptors (Lipinski definition) is 3. The topological polar surface area (TPSA) is 71.8 Å². The average Bonchev–Trinajstić information content (AvgIpc) is 3.09. The zero-order valence-corrected chi connectivity index (χ0v) is 9.26. The molecule has 0 saturated heterocycles. The fourth-order valence-corrected chi connectivity index (χ4v) is 2.28.